The van der Waals surface area contributed by atoms with Crippen LogP contribution < -0.4 is 10.5 Å². The summed E-state index contributed by atoms with van der Waals surface area (Å²) in [5.41, 5.74) is 3.84. The van der Waals surface area contributed by atoms with Crippen LogP contribution in [0.25, 0.3) is 32.4 Å². The summed E-state index contributed by atoms with van der Waals surface area (Å²) in [6.07, 6.45) is 10.8. The Labute approximate surface area is 196 Å². The van der Waals surface area contributed by atoms with E-state index in [9.17, 15) is 9.90 Å². The van der Waals surface area contributed by atoms with Crippen LogP contribution in [0.3, 0.4) is 0 Å². The van der Waals surface area contributed by atoms with Gasteiger partial charge in [-0.2, -0.15) is 0 Å². The topological polar surface area (TPSA) is 87.0 Å². The van der Waals surface area contributed by atoms with Crippen LogP contribution in [-0.2, 0) is 0 Å². The van der Waals surface area contributed by atoms with E-state index in [2.05, 4.69) is 44.6 Å². The van der Waals surface area contributed by atoms with Crippen LogP contribution in [0.2, 0.25) is 0 Å². The van der Waals surface area contributed by atoms with E-state index in [0.29, 0.717) is 11.4 Å². The van der Waals surface area contributed by atoms with Gasteiger partial charge in [-0.05, 0) is 43.9 Å². The highest BCUT2D eigenvalue weighted by Crippen LogP contribution is 2.45. The first kappa shape index (κ1) is 20.9. The highest BCUT2D eigenvalue weighted by Gasteiger charge is 2.32. The number of aromatic nitrogens is 4. The predicted octanol–water partition coefficient (Wildman–Crippen LogP) is 4.71. The van der Waals surface area contributed by atoms with Crippen molar-refractivity contribution in [1.82, 2.24) is 19.5 Å². The number of hydrogen-bond donors (Lipinski definition) is 2. The first-order valence-corrected chi connectivity index (χ1v) is 12.8. The van der Waals surface area contributed by atoms with Gasteiger partial charge in [0.15, 0.2) is 0 Å². The van der Waals surface area contributed by atoms with E-state index in [-0.39, 0.29) is 24.1 Å². The van der Waals surface area contributed by atoms with Gasteiger partial charge in [0.05, 0.1) is 34.1 Å². The summed E-state index contributed by atoms with van der Waals surface area (Å²) in [6.45, 7) is 3.09. The number of benzene rings is 1. The number of aliphatic hydroxyl groups excluding tert-OH is 1. The number of nitrogens with one attached hydrogen (secondary N) is 1. The third kappa shape index (κ3) is 3.47. The number of anilines is 1. The molecule has 1 aliphatic carbocycles. The Balaban J connectivity index is 1.45. The summed E-state index contributed by atoms with van der Waals surface area (Å²) in [6, 6.07) is 7.26. The quantitative estimate of drug-likeness (QED) is 0.458. The van der Waals surface area contributed by atoms with E-state index in [1.807, 2.05) is 6.33 Å². The third-order valence-electron chi connectivity index (χ3n) is 7.47. The molecule has 0 spiro atoms. The molecule has 2 fully saturated rings. The molecule has 1 saturated heterocycles. The van der Waals surface area contributed by atoms with Crippen LogP contribution >= 0.6 is 11.3 Å². The second kappa shape index (κ2) is 8.25. The van der Waals surface area contributed by atoms with E-state index in [4.69, 9.17) is 4.98 Å². The molecule has 8 heteroatoms. The number of H-pyrrole nitrogens is 1. The van der Waals surface area contributed by atoms with Crippen molar-refractivity contribution in [2.75, 3.05) is 18.1 Å². The van der Waals surface area contributed by atoms with Crippen LogP contribution in [0.1, 0.15) is 51.5 Å². The second-order valence-electron chi connectivity index (χ2n) is 9.62. The molecule has 33 heavy (non-hydrogen) atoms. The molecule has 3 aromatic heterocycles. The summed E-state index contributed by atoms with van der Waals surface area (Å²) >= 11 is 1.62. The molecular weight excluding hydrogens is 434 g/mol. The van der Waals surface area contributed by atoms with Crippen LogP contribution in [0, 0.1) is 5.92 Å². The van der Waals surface area contributed by atoms with Crippen LogP contribution in [0.5, 0.6) is 0 Å². The van der Waals surface area contributed by atoms with Crippen LogP contribution in [0.4, 0.5) is 5.00 Å². The molecule has 2 unspecified atom stereocenters. The molecule has 6 rings (SSSR count). The van der Waals surface area contributed by atoms with Gasteiger partial charge in [-0.15, -0.1) is 11.3 Å². The fourth-order valence-corrected chi connectivity index (χ4v) is 7.10. The number of aromatic amines is 1. The average Bonchev–Trinajstić information content (AvgIpc) is 3.54. The molecule has 4 heterocycles. The number of nitrogens with zero attached hydrogens (tertiary/aromatic N) is 4. The number of thiophene rings is 1. The highest BCUT2D eigenvalue weighted by atomic mass is 32.1. The van der Waals surface area contributed by atoms with E-state index in [0.717, 1.165) is 39.4 Å². The van der Waals surface area contributed by atoms with E-state index < -0.39 is 0 Å². The molecule has 1 aliphatic heterocycles. The van der Waals surface area contributed by atoms with Crippen LogP contribution in [0.15, 0.2) is 35.6 Å². The van der Waals surface area contributed by atoms with Crippen molar-refractivity contribution in [1.29, 1.82) is 0 Å². The molecule has 0 radical (unpaired) electrons. The number of aliphatic hydroxyl groups is 1. The Kier molecular flexibility index (Phi) is 5.22. The number of hydrogen-bond acceptors (Lipinski definition) is 6. The van der Waals surface area contributed by atoms with Gasteiger partial charge in [-0.1, -0.05) is 25.3 Å². The van der Waals surface area contributed by atoms with E-state index >= 15 is 0 Å². The minimum absolute atomic E-state index is 0.111. The Morgan fingerprint density at radius 1 is 1.21 bits per heavy atom. The first-order valence-electron chi connectivity index (χ1n) is 12.0. The molecular formula is C25H29N5O2S. The maximum atomic E-state index is 12.9. The van der Waals surface area contributed by atoms with Gasteiger partial charge in [0, 0.05) is 31.2 Å². The lowest BCUT2D eigenvalue weighted by Gasteiger charge is -2.23. The van der Waals surface area contributed by atoms with Gasteiger partial charge >= 0.3 is 0 Å². The predicted molar refractivity (Wildman–Crippen MR) is 133 cm³/mol. The van der Waals surface area contributed by atoms with Gasteiger partial charge in [0.25, 0.3) is 5.56 Å². The fraction of sp³-hybridized carbons (Fsp3) is 0.480. The maximum Gasteiger partial charge on any atom is 0.261 e. The fourth-order valence-electron chi connectivity index (χ4n) is 5.75. The number of rotatable bonds is 4. The molecule has 172 valence electrons. The molecule has 2 atom stereocenters. The molecule has 4 aromatic rings. The lowest BCUT2D eigenvalue weighted by atomic mass is 9.95. The van der Waals surface area contributed by atoms with Gasteiger partial charge in [0.1, 0.15) is 10.4 Å². The van der Waals surface area contributed by atoms with Crippen molar-refractivity contribution >= 4 is 38.3 Å². The summed E-state index contributed by atoms with van der Waals surface area (Å²) < 4.78 is 2.35. The highest BCUT2D eigenvalue weighted by molar-refractivity contribution is 7.21. The molecule has 2 aliphatic rings. The summed E-state index contributed by atoms with van der Waals surface area (Å²) in [4.78, 5) is 28.2. The lowest BCUT2D eigenvalue weighted by molar-refractivity contribution is 0.237. The molecule has 0 amide bonds. The molecule has 2 N–H and O–H groups in total. The van der Waals surface area contributed by atoms with Crippen molar-refractivity contribution in [3.05, 3.63) is 41.2 Å². The van der Waals surface area contributed by atoms with E-state index in [1.54, 1.807) is 11.3 Å². The minimum Gasteiger partial charge on any atom is -0.396 e. The summed E-state index contributed by atoms with van der Waals surface area (Å²) in [5, 5.41) is 11.3. The summed E-state index contributed by atoms with van der Waals surface area (Å²) in [7, 11) is 0. The third-order valence-corrected chi connectivity index (χ3v) is 8.73. The Morgan fingerprint density at radius 2 is 2.06 bits per heavy atom. The van der Waals surface area contributed by atoms with Gasteiger partial charge < -0.3 is 19.6 Å². The Bertz CT molecular complexity index is 1370. The standard InChI is InChI=1S/C25H29N5O2S/c1-15-9-16(12-31)11-29(15)25-21-22(26-13-27-24(21)32)23(33-25)17-7-8-20-19(10-17)28-14-30(20)18-5-3-2-4-6-18/h7-8,10,13-16,18,31H,2-6,9,11-12H2,1H3,(H,26,27,32). The number of imidazole rings is 1. The zero-order valence-corrected chi connectivity index (χ0v) is 19.6. The molecule has 7 nitrogen and oxygen atoms in total. The Hall–Kier alpha value is -2.71. The molecule has 1 aromatic carbocycles. The first-order chi connectivity index (χ1) is 16.1. The SMILES string of the molecule is CC1CC(CO)CN1c1sc(-c2ccc3c(c2)ncn3C2CCCCC2)c2nc[nH]c(=O)c12. The van der Waals surface area contributed by atoms with Gasteiger partial charge in [0.2, 0.25) is 0 Å². The van der Waals surface area contributed by atoms with Crippen LogP contribution in [-0.4, -0.2) is 43.8 Å². The van der Waals surface area contributed by atoms with Gasteiger partial charge in [-0.3, -0.25) is 4.79 Å². The summed E-state index contributed by atoms with van der Waals surface area (Å²) in [5.74, 6) is 0.233. The zero-order valence-electron chi connectivity index (χ0n) is 18.8. The van der Waals surface area contributed by atoms with Crippen molar-refractivity contribution in [2.45, 2.75) is 57.5 Å². The largest absolute Gasteiger partial charge is 0.396 e. The monoisotopic (exact) mass is 463 g/mol. The molecule has 0 bridgehead atoms. The number of fused-ring (bicyclic) bond motifs is 2. The van der Waals surface area contributed by atoms with Crippen molar-refractivity contribution in [2.24, 2.45) is 5.92 Å². The van der Waals surface area contributed by atoms with Crippen molar-refractivity contribution in [3.63, 3.8) is 0 Å². The van der Waals surface area contributed by atoms with Crippen molar-refractivity contribution in [3.8, 4) is 10.4 Å². The Morgan fingerprint density at radius 3 is 2.85 bits per heavy atom. The smallest absolute Gasteiger partial charge is 0.261 e. The average molecular weight is 464 g/mol. The van der Waals surface area contributed by atoms with Crippen molar-refractivity contribution < 1.29 is 5.11 Å². The van der Waals surface area contributed by atoms with Gasteiger partial charge in [-0.25, -0.2) is 9.97 Å². The minimum atomic E-state index is -0.111. The molecule has 1 saturated carbocycles. The van der Waals surface area contributed by atoms with E-state index in [1.165, 1.54) is 43.9 Å². The lowest BCUT2D eigenvalue weighted by Crippen LogP contribution is -2.27. The second-order valence-corrected chi connectivity index (χ2v) is 10.6. The maximum absolute atomic E-state index is 12.9. The normalized spacial score (nSPS) is 22.1. The zero-order chi connectivity index (χ0) is 22.5.